The Morgan fingerprint density at radius 1 is 1.38 bits per heavy atom. The fourth-order valence-corrected chi connectivity index (χ4v) is 2.53. The van der Waals surface area contributed by atoms with Crippen LogP contribution in [0.2, 0.25) is 0 Å². The highest BCUT2D eigenvalue weighted by Gasteiger charge is 2.30. The quantitative estimate of drug-likeness (QED) is 0.797. The van der Waals surface area contributed by atoms with Gasteiger partial charge in [0, 0.05) is 19.1 Å². The van der Waals surface area contributed by atoms with Gasteiger partial charge in [-0.2, -0.15) is 5.10 Å². The Hall–Kier alpha value is -0.940. The van der Waals surface area contributed by atoms with Crippen LogP contribution in [0.15, 0.2) is 6.33 Å². The van der Waals surface area contributed by atoms with E-state index in [1.807, 2.05) is 11.7 Å². The minimum absolute atomic E-state index is 0.152. The highest BCUT2D eigenvalue weighted by atomic mass is 16.3. The number of likely N-dealkylation sites (tertiary alicyclic amines) is 1. The van der Waals surface area contributed by atoms with Crippen LogP contribution in [-0.4, -0.2) is 43.0 Å². The summed E-state index contributed by atoms with van der Waals surface area (Å²) in [6, 6.07) is 0.797. The molecule has 2 rings (SSSR count). The number of rotatable bonds is 2. The maximum absolute atomic E-state index is 9.69. The van der Waals surface area contributed by atoms with Crippen molar-refractivity contribution in [3.8, 4) is 0 Å². The van der Waals surface area contributed by atoms with Gasteiger partial charge in [0.25, 0.3) is 0 Å². The predicted octanol–water partition coefficient (Wildman–Crippen LogP) is 0.549. The summed E-state index contributed by atoms with van der Waals surface area (Å²) in [5, 5.41) is 13.8. The van der Waals surface area contributed by atoms with E-state index >= 15 is 0 Å². The molecule has 90 valence electrons. The number of hydrogen-bond donors (Lipinski definition) is 1. The molecule has 1 aromatic rings. The van der Waals surface area contributed by atoms with Gasteiger partial charge in [0.05, 0.1) is 12.6 Å². The molecule has 1 saturated heterocycles. The number of aryl methyl sites for hydroxylation is 1. The van der Waals surface area contributed by atoms with Gasteiger partial charge in [0.1, 0.15) is 12.2 Å². The van der Waals surface area contributed by atoms with Crippen LogP contribution < -0.4 is 0 Å². The predicted molar refractivity (Wildman–Crippen MR) is 60.7 cm³/mol. The smallest absolute Gasteiger partial charge is 0.140 e. The van der Waals surface area contributed by atoms with Crippen LogP contribution in [0.25, 0.3) is 0 Å². The number of aromatic nitrogens is 3. The lowest BCUT2D eigenvalue weighted by atomic mass is 9.95. The van der Waals surface area contributed by atoms with E-state index in [2.05, 4.69) is 28.8 Å². The molecule has 1 aromatic heterocycles. The minimum atomic E-state index is -0.152. The number of piperidine rings is 1. The van der Waals surface area contributed by atoms with Crippen molar-refractivity contribution in [2.24, 2.45) is 7.05 Å². The number of aliphatic hydroxyl groups is 1. The Labute approximate surface area is 96.1 Å². The van der Waals surface area contributed by atoms with E-state index in [1.165, 1.54) is 0 Å². The highest BCUT2D eigenvalue weighted by molar-refractivity contribution is 4.90. The Balaban J connectivity index is 2.06. The fraction of sp³-hybridized carbons (Fsp3) is 0.818. The van der Waals surface area contributed by atoms with Crippen molar-refractivity contribution in [3.05, 3.63) is 12.2 Å². The first kappa shape index (κ1) is 11.5. The summed E-state index contributed by atoms with van der Waals surface area (Å²) in [4.78, 5) is 6.63. The maximum Gasteiger partial charge on any atom is 0.140 e. The topological polar surface area (TPSA) is 54.2 Å². The third-order valence-corrected chi connectivity index (χ3v) is 3.49. The molecule has 0 bridgehead atoms. The standard InChI is InChI=1S/C11H20N4O/c1-8-4-10(16)5-9(2)15(8)6-11-12-7-13-14(11)3/h7-10,16H,4-6H2,1-3H3. The summed E-state index contributed by atoms with van der Waals surface area (Å²) in [6.45, 7) is 5.13. The molecule has 5 nitrogen and oxygen atoms in total. The summed E-state index contributed by atoms with van der Waals surface area (Å²) in [5.41, 5.74) is 0. The SMILES string of the molecule is CC1CC(O)CC(C)N1Cc1ncnn1C. The lowest BCUT2D eigenvalue weighted by molar-refractivity contribution is 0.00672. The van der Waals surface area contributed by atoms with Crippen molar-refractivity contribution in [1.82, 2.24) is 19.7 Å². The van der Waals surface area contributed by atoms with Crippen LogP contribution in [0.4, 0.5) is 0 Å². The van der Waals surface area contributed by atoms with Crippen molar-refractivity contribution >= 4 is 0 Å². The zero-order chi connectivity index (χ0) is 11.7. The fourth-order valence-electron chi connectivity index (χ4n) is 2.53. The van der Waals surface area contributed by atoms with E-state index < -0.39 is 0 Å². The Morgan fingerprint density at radius 2 is 2.00 bits per heavy atom. The van der Waals surface area contributed by atoms with E-state index in [0.29, 0.717) is 12.1 Å². The van der Waals surface area contributed by atoms with Crippen molar-refractivity contribution < 1.29 is 5.11 Å². The van der Waals surface area contributed by atoms with Gasteiger partial charge in [-0.1, -0.05) is 0 Å². The van der Waals surface area contributed by atoms with Gasteiger partial charge < -0.3 is 5.11 Å². The zero-order valence-corrected chi connectivity index (χ0v) is 10.2. The Kier molecular flexibility index (Phi) is 3.25. The summed E-state index contributed by atoms with van der Waals surface area (Å²) in [6.07, 6.45) is 3.13. The summed E-state index contributed by atoms with van der Waals surface area (Å²) < 4.78 is 1.81. The van der Waals surface area contributed by atoms with Gasteiger partial charge in [-0.3, -0.25) is 9.58 Å². The molecule has 1 aliphatic rings. The van der Waals surface area contributed by atoms with E-state index in [0.717, 1.165) is 25.2 Å². The third kappa shape index (κ3) is 2.25. The lowest BCUT2D eigenvalue weighted by Crippen LogP contribution is -2.48. The second-order valence-electron chi connectivity index (χ2n) is 4.80. The molecule has 1 fully saturated rings. The van der Waals surface area contributed by atoms with E-state index in [1.54, 1.807) is 6.33 Å². The van der Waals surface area contributed by atoms with Crippen LogP contribution in [0.5, 0.6) is 0 Å². The molecule has 2 atom stereocenters. The molecule has 1 aliphatic heterocycles. The molecule has 16 heavy (non-hydrogen) atoms. The van der Waals surface area contributed by atoms with Crippen LogP contribution in [0.3, 0.4) is 0 Å². The molecular formula is C11H20N4O. The summed E-state index contributed by atoms with van der Waals surface area (Å²) in [5.74, 6) is 0.982. The van der Waals surface area contributed by atoms with Gasteiger partial charge in [-0.25, -0.2) is 4.98 Å². The van der Waals surface area contributed by atoms with Gasteiger partial charge in [-0.05, 0) is 26.7 Å². The van der Waals surface area contributed by atoms with Crippen LogP contribution in [0.1, 0.15) is 32.5 Å². The highest BCUT2D eigenvalue weighted by Crippen LogP contribution is 2.24. The average molecular weight is 224 g/mol. The van der Waals surface area contributed by atoms with E-state index in [4.69, 9.17) is 0 Å². The van der Waals surface area contributed by atoms with Gasteiger partial charge >= 0.3 is 0 Å². The second-order valence-corrected chi connectivity index (χ2v) is 4.80. The van der Waals surface area contributed by atoms with Crippen LogP contribution in [-0.2, 0) is 13.6 Å². The molecule has 0 amide bonds. The first-order valence-corrected chi connectivity index (χ1v) is 5.84. The van der Waals surface area contributed by atoms with Gasteiger partial charge in [0.2, 0.25) is 0 Å². The van der Waals surface area contributed by atoms with E-state index in [-0.39, 0.29) is 6.10 Å². The third-order valence-electron chi connectivity index (χ3n) is 3.49. The molecule has 0 radical (unpaired) electrons. The zero-order valence-electron chi connectivity index (χ0n) is 10.2. The Bertz CT molecular complexity index is 340. The molecule has 0 aliphatic carbocycles. The second kappa shape index (κ2) is 4.51. The molecule has 5 heteroatoms. The number of hydrogen-bond acceptors (Lipinski definition) is 4. The van der Waals surface area contributed by atoms with Gasteiger partial charge in [0.15, 0.2) is 0 Å². The molecule has 0 saturated carbocycles. The molecular weight excluding hydrogens is 204 g/mol. The van der Waals surface area contributed by atoms with Crippen molar-refractivity contribution in [3.63, 3.8) is 0 Å². The molecule has 1 N–H and O–H groups in total. The van der Waals surface area contributed by atoms with Gasteiger partial charge in [-0.15, -0.1) is 0 Å². The molecule has 0 aromatic carbocycles. The molecule has 2 unspecified atom stereocenters. The minimum Gasteiger partial charge on any atom is -0.393 e. The van der Waals surface area contributed by atoms with Crippen molar-refractivity contribution in [2.75, 3.05) is 0 Å². The van der Waals surface area contributed by atoms with E-state index in [9.17, 15) is 5.11 Å². The monoisotopic (exact) mass is 224 g/mol. The van der Waals surface area contributed by atoms with Crippen LogP contribution in [0, 0.1) is 0 Å². The van der Waals surface area contributed by atoms with Crippen molar-refractivity contribution in [1.29, 1.82) is 0 Å². The average Bonchev–Trinajstić information content (AvgIpc) is 2.57. The van der Waals surface area contributed by atoms with Crippen molar-refractivity contribution in [2.45, 2.75) is 51.4 Å². The normalized spacial score (nSPS) is 31.9. The first-order valence-electron chi connectivity index (χ1n) is 5.84. The molecule has 0 spiro atoms. The van der Waals surface area contributed by atoms with Crippen LogP contribution >= 0.6 is 0 Å². The summed E-state index contributed by atoms with van der Waals surface area (Å²) in [7, 11) is 1.91. The number of aliphatic hydroxyl groups excluding tert-OH is 1. The molecule has 2 heterocycles. The first-order chi connectivity index (χ1) is 7.58. The maximum atomic E-state index is 9.69. The Morgan fingerprint density at radius 3 is 2.50 bits per heavy atom. The lowest BCUT2D eigenvalue weighted by Gasteiger charge is -2.40. The summed E-state index contributed by atoms with van der Waals surface area (Å²) >= 11 is 0. The number of nitrogens with zero attached hydrogens (tertiary/aromatic N) is 4. The largest absolute Gasteiger partial charge is 0.393 e.